The van der Waals surface area contributed by atoms with E-state index in [0.29, 0.717) is 12.4 Å². The lowest BCUT2D eigenvalue weighted by molar-refractivity contribution is 0.807. The minimum absolute atomic E-state index is 0.516. The quantitative estimate of drug-likeness (QED) is 0.824. The van der Waals surface area contributed by atoms with Gasteiger partial charge < -0.3 is 15.6 Å². The largest absolute Gasteiger partial charge is 0.383 e. The highest BCUT2D eigenvalue weighted by Crippen LogP contribution is 2.17. The fourth-order valence-corrected chi connectivity index (χ4v) is 1.54. The molecule has 0 unspecified atom stereocenters. The Labute approximate surface area is 105 Å². The van der Waals surface area contributed by atoms with Gasteiger partial charge in [0.2, 0.25) is 0 Å². The summed E-state index contributed by atoms with van der Waals surface area (Å²) in [6, 6.07) is 0. The topological polar surface area (TPSA) is 94.5 Å². The van der Waals surface area contributed by atoms with Gasteiger partial charge in [0.1, 0.15) is 23.8 Å². The summed E-state index contributed by atoms with van der Waals surface area (Å²) in [6.45, 7) is 4.45. The van der Waals surface area contributed by atoms with Gasteiger partial charge in [-0.1, -0.05) is 6.92 Å². The van der Waals surface area contributed by atoms with E-state index in [1.807, 2.05) is 25.5 Å². The molecule has 0 radical (unpaired) electrons. The number of aryl methyl sites for hydroxylation is 2. The van der Waals surface area contributed by atoms with Crippen LogP contribution in [0.5, 0.6) is 0 Å². The van der Waals surface area contributed by atoms with Gasteiger partial charge in [-0.3, -0.25) is 0 Å². The molecule has 7 nitrogen and oxygen atoms in total. The number of rotatable bonds is 4. The van der Waals surface area contributed by atoms with E-state index in [9.17, 15) is 0 Å². The number of nitrogens with zero attached hydrogens (tertiary/aromatic N) is 5. The van der Waals surface area contributed by atoms with Crippen LogP contribution in [0, 0.1) is 6.92 Å². The number of nitrogens with one attached hydrogen (secondary N) is 1. The van der Waals surface area contributed by atoms with Crippen molar-refractivity contribution in [2.24, 2.45) is 7.05 Å². The molecule has 0 aliphatic rings. The molecule has 2 aromatic rings. The van der Waals surface area contributed by atoms with Crippen LogP contribution in [0.25, 0.3) is 0 Å². The van der Waals surface area contributed by atoms with Crippen LogP contribution in [-0.4, -0.2) is 24.7 Å². The molecule has 0 bridgehead atoms. The summed E-state index contributed by atoms with van der Waals surface area (Å²) in [4.78, 5) is 8.63. The monoisotopic (exact) mass is 247 g/mol. The van der Waals surface area contributed by atoms with E-state index in [1.54, 1.807) is 6.33 Å². The van der Waals surface area contributed by atoms with Crippen LogP contribution in [-0.2, 0) is 20.0 Å². The lowest BCUT2D eigenvalue weighted by Gasteiger charge is -2.11. The van der Waals surface area contributed by atoms with Gasteiger partial charge in [0.05, 0.1) is 6.54 Å². The van der Waals surface area contributed by atoms with Crippen LogP contribution in [0.3, 0.4) is 0 Å². The zero-order valence-electron chi connectivity index (χ0n) is 10.8. The molecule has 2 aromatic heterocycles. The number of aromatic nitrogens is 5. The summed E-state index contributed by atoms with van der Waals surface area (Å²) in [7, 11) is 1.90. The Balaban J connectivity index is 2.18. The van der Waals surface area contributed by atoms with E-state index in [2.05, 4.69) is 25.5 Å². The highest BCUT2D eigenvalue weighted by atomic mass is 15.3. The molecular formula is C11H17N7. The molecule has 2 heterocycles. The van der Waals surface area contributed by atoms with E-state index in [-0.39, 0.29) is 0 Å². The van der Waals surface area contributed by atoms with Gasteiger partial charge in [0, 0.05) is 19.0 Å². The number of nitrogens with two attached hydrogens (primary N) is 1. The van der Waals surface area contributed by atoms with Crippen molar-refractivity contribution in [3.8, 4) is 0 Å². The van der Waals surface area contributed by atoms with E-state index < -0.39 is 0 Å². The van der Waals surface area contributed by atoms with Crippen molar-refractivity contribution in [2.75, 3.05) is 11.1 Å². The summed E-state index contributed by atoms with van der Waals surface area (Å²) in [5, 5.41) is 11.0. The van der Waals surface area contributed by atoms with Gasteiger partial charge in [0.25, 0.3) is 0 Å². The number of nitrogen functional groups attached to an aromatic ring is 1. The van der Waals surface area contributed by atoms with E-state index in [1.165, 1.54) is 0 Å². The number of anilines is 2. The van der Waals surface area contributed by atoms with Gasteiger partial charge >= 0.3 is 0 Å². The van der Waals surface area contributed by atoms with Crippen molar-refractivity contribution in [2.45, 2.75) is 26.8 Å². The molecule has 0 aliphatic carbocycles. The molecule has 0 amide bonds. The highest BCUT2D eigenvalue weighted by molar-refractivity contribution is 5.54. The molecule has 0 aromatic carbocycles. The molecule has 0 saturated carbocycles. The zero-order chi connectivity index (χ0) is 13.1. The van der Waals surface area contributed by atoms with Gasteiger partial charge in [-0.05, 0) is 6.92 Å². The Bertz CT molecular complexity index is 546. The molecule has 2 rings (SSSR count). The standard InChI is InChI=1S/C11H17N7/c1-4-8-15-10(12)7(2)11(16-8)13-5-9-17-14-6-18(9)3/h6H,4-5H2,1-3H3,(H3,12,13,15,16). The molecule has 18 heavy (non-hydrogen) atoms. The second-order valence-corrected chi connectivity index (χ2v) is 4.06. The lowest BCUT2D eigenvalue weighted by Crippen LogP contribution is -2.11. The summed E-state index contributed by atoms with van der Waals surface area (Å²) in [5.41, 5.74) is 6.71. The van der Waals surface area contributed by atoms with Crippen LogP contribution >= 0.6 is 0 Å². The summed E-state index contributed by atoms with van der Waals surface area (Å²) < 4.78 is 1.85. The van der Waals surface area contributed by atoms with Crippen LogP contribution in [0.1, 0.15) is 24.1 Å². The van der Waals surface area contributed by atoms with Crippen molar-refractivity contribution in [3.63, 3.8) is 0 Å². The van der Waals surface area contributed by atoms with E-state index >= 15 is 0 Å². The molecule has 3 N–H and O–H groups in total. The third kappa shape index (κ3) is 2.39. The smallest absolute Gasteiger partial charge is 0.151 e. The van der Waals surface area contributed by atoms with Crippen molar-refractivity contribution in [1.29, 1.82) is 0 Å². The van der Waals surface area contributed by atoms with Crippen LogP contribution in [0.2, 0.25) is 0 Å². The average Bonchev–Trinajstić information content (AvgIpc) is 2.76. The second-order valence-electron chi connectivity index (χ2n) is 4.06. The van der Waals surface area contributed by atoms with Crippen LogP contribution in [0.15, 0.2) is 6.33 Å². The van der Waals surface area contributed by atoms with E-state index in [0.717, 1.165) is 29.5 Å². The first kappa shape index (κ1) is 12.3. The fraction of sp³-hybridized carbons (Fsp3) is 0.455. The Hall–Kier alpha value is -2.18. The first-order valence-corrected chi connectivity index (χ1v) is 5.81. The zero-order valence-corrected chi connectivity index (χ0v) is 10.8. The Morgan fingerprint density at radius 2 is 2.17 bits per heavy atom. The van der Waals surface area contributed by atoms with Crippen molar-refractivity contribution in [1.82, 2.24) is 24.7 Å². The first-order chi connectivity index (χ1) is 8.61. The van der Waals surface area contributed by atoms with Gasteiger partial charge in [-0.15, -0.1) is 10.2 Å². The molecular weight excluding hydrogens is 230 g/mol. The normalized spacial score (nSPS) is 10.6. The molecule has 0 aliphatic heterocycles. The minimum Gasteiger partial charge on any atom is -0.383 e. The average molecular weight is 247 g/mol. The highest BCUT2D eigenvalue weighted by Gasteiger charge is 2.08. The Kier molecular flexibility index (Phi) is 3.40. The maximum Gasteiger partial charge on any atom is 0.151 e. The number of hydrogen-bond donors (Lipinski definition) is 2. The predicted octanol–water partition coefficient (Wildman–Crippen LogP) is 0.670. The molecule has 0 saturated heterocycles. The van der Waals surface area contributed by atoms with Crippen molar-refractivity contribution >= 4 is 11.6 Å². The van der Waals surface area contributed by atoms with Crippen molar-refractivity contribution < 1.29 is 0 Å². The number of hydrogen-bond acceptors (Lipinski definition) is 6. The second kappa shape index (κ2) is 4.99. The molecule has 96 valence electrons. The third-order valence-electron chi connectivity index (χ3n) is 2.77. The van der Waals surface area contributed by atoms with Crippen LogP contribution in [0.4, 0.5) is 11.6 Å². The maximum atomic E-state index is 5.85. The van der Waals surface area contributed by atoms with Gasteiger partial charge in [-0.25, -0.2) is 9.97 Å². The minimum atomic E-state index is 0.516. The lowest BCUT2D eigenvalue weighted by atomic mass is 10.3. The molecule has 0 spiro atoms. The van der Waals surface area contributed by atoms with E-state index in [4.69, 9.17) is 5.73 Å². The van der Waals surface area contributed by atoms with Crippen LogP contribution < -0.4 is 11.1 Å². The SMILES string of the molecule is CCc1nc(N)c(C)c(NCc2nncn2C)n1. The summed E-state index contributed by atoms with van der Waals surface area (Å²) in [5.74, 6) is 2.84. The van der Waals surface area contributed by atoms with Crippen molar-refractivity contribution in [3.05, 3.63) is 23.5 Å². The fourth-order valence-electron chi connectivity index (χ4n) is 1.54. The Morgan fingerprint density at radius 1 is 1.39 bits per heavy atom. The maximum absolute atomic E-state index is 5.85. The molecule has 0 atom stereocenters. The molecule has 7 heteroatoms. The summed E-state index contributed by atoms with van der Waals surface area (Å²) in [6.07, 6.45) is 2.42. The summed E-state index contributed by atoms with van der Waals surface area (Å²) >= 11 is 0. The third-order valence-corrected chi connectivity index (χ3v) is 2.77. The van der Waals surface area contributed by atoms with Gasteiger partial charge in [-0.2, -0.15) is 0 Å². The first-order valence-electron chi connectivity index (χ1n) is 5.81. The molecule has 0 fully saturated rings. The Morgan fingerprint density at radius 3 is 2.78 bits per heavy atom. The van der Waals surface area contributed by atoms with Gasteiger partial charge in [0.15, 0.2) is 5.82 Å². The predicted molar refractivity (Wildman–Crippen MR) is 68.9 cm³/mol.